The van der Waals surface area contributed by atoms with E-state index < -0.39 is 18.9 Å². The summed E-state index contributed by atoms with van der Waals surface area (Å²) >= 11 is -2.06. The molecule has 148 valence electrons. The van der Waals surface area contributed by atoms with E-state index in [0.29, 0.717) is 0 Å². The summed E-state index contributed by atoms with van der Waals surface area (Å²) in [6.07, 6.45) is 0. The van der Waals surface area contributed by atoms with E-state index in [-0.39, 0.29) is 7.43 Å². The van der Waals surface area contributed by atoms with Crippen molar-refractivity contribution >= 4 is 42.3 Å². The van der Waals surface area contributed by atoms with Gasteiger partial charge in [0.25, 0.3) is 0 Å². The van der Waals surface area contributed by atoms with Crippen LogP contribution in [0.5, 0.6) is 0 Å². The van der Waals surface area contributed by atoms with Crippen LogP contribution in [0.4, 0.5) is 0 Å². The molecular weight excluding hydrogens is 474 g/mol. The molecule has 0 fully saturated rings. The predicted octanol–water partition coefficient (Wildman–Crippen LogP) is 8.33. The van der Waals surface area contributed by atoms with Crippen molar-refractivity contribution in [3.8, 4) is 0 Å². The first-order valence-corrected chi connectivity index (χ1v) is 16.8. The van der Waals surface area contributed by atoms with Crippen LogP contribution in [0.25, 0.3) is 21.5 Å². The van der Waals surface area contributed by atoms with E-state index in [0.717, 1.165) is 5.56 Å². The van der Waals surface area contributed by atoms with Gasteiger partial charge in [0, 0.05) is 0 Å². The van der Waals surface area contributed by atoms with Crippen LogP contribution in [0.2, 0.25) is 0 Å². The zero-order valence-electron chi connectivity index (χ0n) is 16.3. The number of hydrogen-bond donors (Lipinski definition) is 0. The largest absolute Gasteiger partial charge is 0.168 e. The van der Waals surface area contributed by atoms with Crippen LogP contribution in [-0.4, -0.2) is 3.71 Å². The molecule has 0 atom stereocenters. The van der Waals surface area contributed by atoms with E-state index in [1.165, 1.54) is 21.5 Å². The second-order valence-corrected chi connectivity index (χ2v) is 14.3. The third-order valence-electron chi connectivity index (χ3n) is 4.17. The van der Waals surface area contributed by atoms with Gasteiger partial charge in [-0.3, -0.25) is 0 Å². The zero-order chi connectivity index (χ0) is 19.6. The molecule has 0 saturated carbocycles. The average Bonchev–Trinajstić information content (AvgIpc) is 3.38. The Kier molecular flexibility index (Phi) is 10.3. The Morgan fingerprint density at radius 2 is 1.03 bits per heavy atom. The van der Waals surface area contributed by atoms with Crippen LogP contribution < -0.4 is 0 Å². The molecule has 0 bridgehead atoms. The zero-order valence-corrected chi connectivity index (χ0v) is 20.3. The molecule has 0 aliphatic heterocycles. The molecule has 0 radical (unpaired) electrons. The van der Waals surface area contributed by atoms with Crippen LogP contribution in [0.3, 0.4) is 0 Å². The first-order chi connectivity index (χ1) is 13.7. The Balaban J connectivity index is 0.000000153. The van der Waals surface area contributed by atoms with Gasteiger partial charge >= 0.3 is 75.5 Å². The van der Waals surface area contributed by atoms with E-state index in [2.05, 4.69) is 84.9 Å². The molecule has 0 amide bonds. The molecule has 0 unspecified atom stereocenters. The van der Waals surface area contributed by atoms with Crippen LogP contribution in [0.1, 0.15) is 5.56 Å². The van der Waals surface area contributed by atoms with Crippen molar-refractivity contribution in [2.75, 3.05) is 0 Å². The fraction of sp³-hybridized carbons (Fsp3) is 0. The van der Waals surface area contributed by atoms with Crippen LogP contribution in [0.15, 0.2) is 115 Å². The fourth-order valence-electron chi connectivity index (χ4n) is 2.82. The van der Waals surface area contributed by atoms with Gasteiger partial charge in [-0.25, -0.2) is 0 Å². The minimum absolute atomic E-state index is 0. The first-order valence-electron chi connectivity index (χ1n) is 9.01. The van der Waals surface area contributed by atoms with Gasteiger partial charge in [0.15, 0.2) is 0 Å². The van der Waals surface area contributed by atoms with Crippen molar-refractivity contribution in [3.63, 3.8) is 0 Å². The molecule has 5 aromatic carbocycles. The van der Waals surface area contributed by atoms with Crippen LogP contribution >= 0.6 is 17.0 Å². The summed E-state index contributed by atoms with van der Waals surface area (Å²) in [5.74, 6) is 0. The second kappa shape index (κ2) is 12.7. The molecular formula is C26H23Cl2Zr-3. The van der Waals surface area contributed by atoms with Crippen molar-refractivity contribution in [3.05, 3.63) is 128 Å². The normalized spacial score (nSPS) is 9.45. The summed E-state index contributed by atoms with van der Waals surface area (Å²) in [6.45, 7) is 0. The monoisotopic (exact) mass is 495 g/mol. The van der Waals surface area contributed by atoms with E-state index >= 15 is 0 Å². The Hall–Kier alpha value is -1.79. The molecule has 0 saturated heterocycles. The smallest absolute Gasteiger partial charge is 0.0809 e. The van der Waals surface area contributed by atoms with E-state index in [1.54, 1.807) is 0 Å². The Labute approximate surface area is 188 Å². The summed E-state index contributed by atoms with van der Waals surface area (Å²) in [7, 11) is 11.4. The first kappa shape index (κ1) is 23.5. The molecule has 0 nitrogen and oxygen atoms in total. The van der Waals surface area contributed by atoms with Gasteiger partial charge in [-0.1, -0.05) is 12.1 Å². The topological polar surface area (TPSA) is 0 Å². The minimum Gasteiger partial charge on any atom is -0.168 e. The third kappa shape index (κ3) is 7.86. The van der Waals surface area contributed by atoms with Gasteiger partial charge in [0.1, 0.15) is 0 Å². The molecule has 5 rings (SSSR count). The predicted molar refractivity (Wildman–Crippen MR) is 129 cm³/mol. The Morgan fingerprint density at radius 1 is 0.586 bits per heavy atom. The molecule has 0 aliphatic rings. The number of fused-ring (bicyclic) bond motifs is 2. The van der Waals surface area contributed by atoms with Crippen molar-refractivity contribution in [1.29, 1.82) is 0 Å². The summed E-state index contributed by atoms with van der Waals surface area (Å²) in [4.78, 5) is 0. The molecule has 0 aliphatic carbocycles. The van der Waals surface area contributed by atoms with Crippen molar-refractivity contribution in [2.45, 2.75) is 0 Å². The summed E-state index contributed by atoms with van der Waals surface area (Å²) in [5.41, 5.74) is 1.14. The summed E-state index contributed by atoms with van der Waals surface area (Å²) < 4.78 is 1.98. The average molecular weight is 498 g/mol. The van der Waals surface area contributed by atoms with Gasteiger partial charge < -0.3 is 7.43 Å². The standard InChI is InChI=1S/2C9H7.C7H6.CH3.2ClH.Zr/c2*1-2-5-9-7-3-6-8(9)4-1;1-7-5-3-2-4-6-7;;;;/h2*1-7H;1-6H;1H3;2*1H;/q2*-1;;-1;;;+2/p-2. The quantitative estimate of drug-likeness (QED) is 0.204. The number of benzene rings is 3. The van der Waals surface area contributed by atoms with Crippen LogP contribution in [-0.2, 0) is 18.9 Å². The molecule has 0 aromatic heterocycles. The molecule has 29 heavy (non-hydrogen) atoms. The maximum absolute atomic E-state index is 5.72. The number of halogens is 2. The van der Waals surface area contributed by atoms with Gasteiger partial charge in [0.2, 0.25) is 0 Å². The molecule has 3 heteroatoms. The van der Waals surface area contributed by atoms with Crippen LogP contribution in [0, 0.1) is 7.43 Å². The van der Waals surface area contributed by atoms with E-state index in [4.69, 9.17) is 17.0 Å². The number of hydrogen-bond acceptors (Lipinski definition) is 0. The summed E-state index contributed by atoms with van der Waals surface area (Å²) in [6, 6.07) is 39.3. The maximum atomic E-state index is 5.72. The van der Waals surface area contributed by atoms with Gasteiger partial charge in [-0.05, 0) is 0 Å². The van der Waals surface area contributed by atoms with Crippen molar-refractivity contribution in [1.82, 2.24) is 0 Å². The molecule has 0 spiro atoms. The van der Waals surface area contributed by atoms with E-state index in [1.807, 2.05) is 34.0 Å². The molecule has 5 aromatic rings. The maximum Gasteiger partial charge on any atom is -0.0809 e. The Morgan fingerprint density at radius 3 is 1.48 bits per heavy atom. The molecule has 0 N–H and O–H groups in total. The minimum atomic E-state index is -2.06. The van der Waals surface area contributed by atoms with Crippen molar-refractivity contribution < 1.29 is 18.9 Å². The van der Waals surface area contributed by atoms with E-state index in [9.17, 15) is 0 Å². The summed E-state index contributed by atoms with van der Waals surface area (Å²) in [5, 5.41) is 5.32. The van der Waals surface area contributed by atoms with Gasteiger partial charge in [0.05, 0.1) is 0 Å². The van der Waals surface area contributed by atoms with Gasteiger partial charge in [-0.15, -0.1) is 59.3 Å². The second-order valence-electron chi connectivity index (χ2n) is 6.15. The van der Waals surface area contributed by atoms with Gasteiger partial charge in [-0.2, -0.15) is 35.0 Å². The molecule has 0 heterocycles. The third-order valence-corrected chi connectivity index (χ3v) is 6.82. The Bertz CT molecular complexity index is 1010. The SMILES string of the molecule is [CH3-].[Cl][Zr]([Cl])=[CH]c1ccccc1.c1ccc2[cH-]ccc2c1.c1ccc2[cH-]ccc2c1. The van der Waals surface area contributed by atoms with Crippen molar-refractivity contribution in [2.24, 2.45) is 0 Å². The fourth-order valence-corrected chi connectivity index (χ4v) is 5.40. The number of rotatable bonds is 1.